The molecule has 0 radical (unpaired) electrons. The molecule has 0 spiro atoms. The number of pyridine rings is 1. The summed E-state index contributed by atoms with van der Waals surface area (Å²) in [4.78, 5) is 8.53. The second-order valence-electron chi connectivity index (χ2n) is 4.69. The Kier molecular flexibility index (Phi) is 3.27. The van der Waals surface area contributed by atoms with Crippen molar-refractivity contribution in [1.29, 1.82) is 0 Å². The molecule has 3 rings (SSSR count). The van der Waals surface area contributed by atoms with Crippen LogP contribution in [0.15, 0.2) is 23.0 Å². The Morgan fingerprint density at radius 1 is 1.53 bits per heavy atom. The minimum absolute atomic E-state index is 0.0526. The summed E-state index contributed by atoms with van der Waals surface area (Å²) in [6.07, 6.45) is 4.68. The molecule has 6 heteroatoms. The highest BCUT2D eigenvalue weighted by Gasteiger charge is 2.28. The Morgan fingerprint density at radius 3 is 3.16 bits per heavy atom. The van der Waals surface area contributed by atoms with Gasteiger partial charge in [-0.25, -0.2) is 0 Å². The zero-order valence-electron chi connectivity index (χ0n) is 10.7. The summed E-state index contributed by atoms with van der Waals surface area (Å²) in [6, 6.07) is 1.84. The summed E-state index contributed by atoms with van der Waals surface area (Å²) in [5.74, 6) is 1.11. The number of hydrogen-bond donors (Lipinski definition) is 2. The lowest BCUT2D eigenvalue weighted by Crippen LogP contribution is -2.15. The standard InChI is InChI=1S/C13H16N4O2/c1-2-8-6-14-4-3-10(8)12-16-13(19-17-12)11-5-9(18)7-15-11/h3-4,6,9,11,15,18H,2,5,7H2,1H3/t9-,11-/m1/s1. The highest BCUT2D eigenvalue weighted by Crippen LogP contribution is 2.26. The van der Waals surface area contributed by atoms with Gasteiger partial charge in [0.15, 0.2) is 0 Å². The fraction of sp³-hybridized carbons (Fsp3) is 0.462. The SMILES string of the molecule is CCc1cnccc1-c1noc([C@H]2C[C@@H](O)CN2)n1. The third-order valence-electron chi connectivity index (χ3n) is 3.37. The molecular weight excluding hydrogens is 244 g/mol. The average Bonchev–Trinajstić information content (AvgIpc) is 3.07. The molecule has 1 aliphatic heterocycles. The summed E-state index contributed by atoms with van der Waals surface area (Å²) >= 11 is 0. The molecule has 2 aromatic rings. The molecule has 1 aliphatic rings. The number of aromatic nitrogens is 3. The maximum atomic E-state index is 9.51. The molecular formula is C13H16N4O2. The predicted octanol–water partition coefficient (Wildman–Crippen LogP) is 1.09. The van der Waals surface area contributed by atoms with Crippen LogP contribution in [0.3, 0.4) is 0 Å². The number of nitrogens with one attached hydrogen (secondary N) is 1. The van der Waals surface area contributed by atoms with E-state index < -0.39 is 0 Å². The molecule has 100 valence electrons. The number of nitrogens with zero attached hydrogens (tertiary/aromatic N) is 3. The van der Waals surface area contributed by atoms with E-state index in [1.165, 1.54) is 0 Å². The largest absolute Gasteiger partial charge is 0.392 e. The molecule has 2 aromatic heterocycles. The molecule has 0 amide bonds. The lowest BCUT2D eigenvalue weighted by atomic mass is 10.1. The topological polar surface area (TPSA) is 84.1 Å². The summed E-state index contributed by atoms with van der Waals surface area (Å²) in [5, 5.41) is 16.7. The molecule has 2 atom stereocenters. The molecule has 1 saturated heterocycles. The third kappa shape index (κ3) is 2.36. The minimum Gasteiger partial charge on any atom is -0.392 e. The van der Waals surface area contributed by atoms with E-state index in [1.54, 1.807) is 6.20 Å². The number of aliphatic hydroxyl groups is 1. The first-order chi connectivity index (χ1) is 9.28. The third-order valence-corrected chi connectivity index (χ3v) is 3.37. The summed E-state index contributed by atoms with van der Waals surface area (Å²) < 4.78 is 5.30. The van der Waals surface area contributed by atoms with Crippen LogP contribution in [0, 0.1) is 0 Å². The van der Waals surface area contributed by atoms with Gasteiger partial charge >= 0.3 is 0 Å². The van der Waals surface area contributed by atoms with Gasteiger partial charge in [-0.15, -0.1) is 0 Å². The van der Waals surface area contributed by atoms with Gasteiger partial charge in [0, 0.05) is 24.5 Å². The number of rotatable bonds is 3. The van der Waals surface area contributed by atoms with E-state index in [-0.39, 0.29) is 12.1 Å². The van der Waals surface area contributed by atoms with Crippen LogP contribution in [0.2, 0.25) is 0 Å². The molecule has 1 fully saturated rings. The summed E-state index contributed by atoms with van der Waals surface area (Å²) in [5.41, 5.74) is 2.04. The van der Waals surface area contributed by atoms with Gasteiger partial charge in [0.2, 0.25) is 11.7 Å². The van der Waals surface area contributed by atoms with Crippen LogP contribution < -0.4 is 5.32 Å². The van der Waals surface area contributed by atoms with Gasteiger partial charge in [-0.05, 0) is 24.5 Å². The van der Waals surface area contributed by atoms with Crippen LogP contribution in [-0.2, 0) is 6.42 Å². The molecule has 0 bridgehead atoms. The van der Waals surface area contributed by atoms with Crippen molar-refractivity contribution in [2.45, 2.75) is 31.9 Å². The first kappa shape index (κ1) is 12.3. The van der Waals surface area contributed by atoms with Crippen LogP contribution >= 0.6 is 0 Å². The highest BCUT2D eigenvalue weighted by molar-refractivity contribution is 5.58. The lowest BCUT2D eigenvalue weighted by Gasteiger charge is -2.02. The first-order valence-corrected chi connectivity index (χ1v) is 6.46. The van der Waals surface area contributed by atoms with Gasteiger partial charge in [-0.1, -0.05) is 12.1 Å². The predicted molar refractivity (Wildman–Crippen MR) is 68.3 cm³/mol. The zero-order valence-corrected chi connectivity index (χ0v) is 10.7. The van der Waals surface area contributed by atoms with Gasteiger partial charge in [0.25, 0.3) is 0 Å². The van der Waals surface area contributed by atoms with Crippen molar-refractivity contribution in [3.05, 3.63) is 29.9 Å². The van der Waals surface area contributed by atoms with E-state index in [9.17, 15) is 5.11 Å². The van der Waals surface area contributed by atoms with Crippen molar-refractivity contribution >= 4 is 0 Å². The van der Waals surface area contributed by atoms with Crippen LogP contribution in [-0.4, -0.2) is 32.9 Å². The Bertz CT molecular complexity index is 569. The van der Waals surface area contributed by atoms with Crippen molar-refractivity contribution in [1.82, 2.24) is 20.4 Å². The quantitative estimate of drug-likeness (QED) is 0.859. The molecule has 0 aromatic carbocycles. The van der Waals surface area contributed by atoms with Crippen LogP contribution in [0.1, 0.15) is 30.8 Å². The Hall–Kier alpha value is -1.79. The van der Waals surface area contributed by atoms with Gasteiger partial charge in [-0.2, -0.15) is 4.98 Å². The van der Waals surface area contributed by atoms with E-state index in [0.29, 0.717) is 24.7 Å². The van der Waals surface area contributed by atoms with E-state index in [2.05, 4.69) is 27.4 Å². The molecule has 6 nitrogen and oxygen atoms in total. The summed E-state index contributed by atoms with van der Waals surface area (Å²) in [7, 11) is 0. The summed E-state index contributed by atoms with van der Waals surface area (Å²) in [6.45, 7) is 2.63. The van der Waals surface area contributed by atoms with Crippen molar-refractivity contribution in [2.24, 2.45) is 0 Å². The Morgan fingerprint density at radius 2 is 2.42 bits per heavy atom. The van der Waals surface area contributed by atoms with Crippen molar-refractivity contribution in [2.75, 3.05) is 6.54 Å². The zero-order chi connectivity index (χ0) is 13.2. The molecule has 0 unspecified atom stereocenters. The normalized spacial score (nSPS) is 22.8. The van der Waals surface area contributed by atoms with E-state index in [4.69, 9.17) is 4.52 Å². The van der Waals surface area contributed by atoms with Gasteiger partial charge in [0.05, 0.1) is 12.1 Å². The van der Waals surface area contributed by atoms with E-state index in [0.717, 1.165) is 17.5 Å². The maximum absolute atomic E-state index is 9.51. The number of aryl methyl sites for hydroxylation is 1. The maximum Gasteiger partial charge on any atom is 0.244 e. The van der Waals surface area contributed by atoms with Crippen LogP contribution in [0.25, 0.3) is 11.4 Å². The smallest absolute Gasteiger partial charge is 0.244 e. The molecule has 0 saturated carbocycles. The Balaban J connectivity index is 1.88. The second kappa shape index (κ2) is 5.07. The van der Waals surface area contributed by atoms with Crippen LogP contribution in [0.5, 0.6) is 0 Å². The van der Waals surface area contributed by atoms with Crippen molar-refractivity contribution < 1.29 is 9.63 Å². The number of hydrogen-bond acceptors (Lipinski definition) is 6. The highest BCUT2D eigenvalue weighted by atomic mass is 16.5. The first-order valence-electron chi connectivity index (χ1n) is 6.46. The van der Waals surface area contributed by atoms with Gasteiger partial charge in [-0.3, -0.25) is 4.98 Å². The molecule has 3 heterocycles. The van der Waals surface area contributed by atoms with Gasteiger partial charge < -0.3 is 14.9 Å². The Labute approximate surface area is 110 Å². The fourth-order valence-corrected chi connectivity index (χ4v) is 2.32. The van der Waals surface area contributed by atoms with E-state index >= 15 is 0 Å². The fourth-order valence-electron chi connectivity index (χ4n) is 2.32. The van der Waals surface area contributed by atoms with Crippen LogP contribution in [0.4, 0.5) is 0 Å². The van der Waals surface area contributed by atoms with E-state index in [1.807, 2.05) is 12.3 Å². The van der Waals surface area contributed by atoms with Gasteiger partial charge in [0.1, 0.15) is 0 Å². The van der Waals surface area contributed by atoms with Crippen molar-refractivity contribution in [3.63, 3.8) is 0 Å². The van der Waals surface area contributed by atoms with Crippen molar-refractivity contribution in [3.8, 4) is 11.4 Å². The number of aliphatic hydroxyl groups excluding tert-OH is 1. The second-order valence-corrected chi connectivity index (χ2v) is 4.69. The number of β-amino-alcohol motifs (C(OH)–C–C–N with tert-alkyl or cyclic N) is 1. The minimum atomic E-state index is -0.340. The average molecular weight is 260 g/mol. The lowest BCUT2D eigenvalue weighted by molar-refractivity contribution is 0.191. The molecule has 0 aliphatic carbocycles. The molecule has 19 heavy (non-hydrogen) atoms. The molecule has 2 N–H and O–H groups in total. The monoisotopic (exact) mass is 260 g/mol.